The molecule has 0 fully saturated rings. The van der Waals surface area contributed by atoms with Crippen LogP contribution in [0.5, 0.6) is 86.2 Å². The molecule has 9 N–H and O–H groups in total. The van der Waals surface area contributed by atoms with Gasteiger partial charge in [0.15, 0.2) is 51.8 Å². The molecule has 9 rings (SSSR count). The molecule has 0 saturated carbocycles. The third kappa shape index (κ3) is 19.8. The van der Waals surface area contributed by atoms with E-state index < -0.39 is 24.3 Å². The Morgan fingerprint density at radius 1 is 0.472 bits per heavy atom. The summed E-state index contributed by atoms with van der Waals surface area (Å²) in [6, 6.07) is 22.3. The van der Waals surface area contributed by atoms with Gasteiger partial charge in [-0.15, -0.1) is 0 Å². The molecular formula is C62H66BrNaO25. The first-order valence-electron chi connectivity index (χ1n) is 26.8. The number of Topliss-reactive ketones (excluding diaryl/α,β-unsaturated/α-hetero) is 3. The Morgan fingerprint density at radius 3 is 1.13 bits per heavy atom. The van der Waals surface area contributed by atoms with E-state index in [0.29, 0.717) is 59.0 Å². The van der Waals surface area contributed by atoms with Crippen molar-refractivity contribution in [2.45, 2.75) is 76.1 Å². The van der Waals surface area contributed by atoms with Gasteiger partial charge in [-0.05, 0) is 72.4 Å². The molecule has 0 saturated heterocycles. The van der Waals surface area contributed by atoms with Crippen molar-refractivity contribution in [2.75, 3.05) is 54.1 Å². The van der Waals surface area contributed by atoms with Gasteiger partial charge in [0, 0.05) is 61.0 Å². The van der Waals surface area contributed by atoms with Crippen LogP contribution in [0.25, 0.3) is 0 Å². The number of alkyl halides is 1. The van der Waals surface area contributed by atoms with Crippen LogP contribution >= 0.6 is 15.9 Å². The van der Waals surface area contributed by atoms with Gasteiger partial charge in [-0.25, -0.2) is 0 Å². The number of carboxylic acid groups (broad SMARTS) is 1. The van der Waals surface area contributed by atoms with Gasteiger partial charge in [-0.3, -0.25) is 28.8 Å². The standard InChI is InChI=1S/C21H22O8.C20H20O8.C16H14O6.C5H9BrO2.Na.H2O/c1-26-17-6-5-12(8-14(17)22)18-11-16(24)21-15(23)9-13(10-19(21)29-18)28-7-3-4-20(25)27-2;1-26-16-5-4-11(7-13(16)21)17-10-15(23)20-14(22)8-12(9-18(20)28-17)27-6-2-3-19(24)25;1-21-13-3-2-8(4-10(13)18)14-7-12(20)16-11(19)5-9(17)6-15(16)22-14;1-8-5(7)3-2-4-6;;/h5-6,8-10,18,22-23H,3-4,7,11H2,1-2H3;4-5,7-9,17,21-22H,2-3,6,10H2,1H3,(H,24,25);2-6,14,17-19H,7H2,1H3;2-4H2,1H3;;1H2/q;;;;+1;/p-1. The first-order chi connectivity index (χ1) is 41.6. The summed E-state index contributed by atoms with van der Waals surface area (Å²) < 4.78 is 52.5. The molecule has 3 heterocycles. The quantitative estimate of drug-likeness (QED) is 0.0177. The number of ketones is 3. The average Bonchev–Trinajstić information content (AvgIpc) is 2.58. The van der Waals surface area contributed by atoms with Crippen molar-refractivity contribution < 1.29 is 152 Å². The zero-order valence-corrected chi connectivity index (χ0v) is 52.9. The van der Waals surface area contributed by atoms with Crippen molar-refractivity contribution in [1.29, 1.82) is 0 Å². The van der Waals surface area contributed by atoms with Crippen molar-refractivity contribution >= 4 is 51.2 Å². The van der Waals surface area contributed by atoms with E-state index >= 15 is 0 Å². The molecule has 3 atom stereocenters. The van der Waals surface area contributed by atoms with Crippen molar-refractivity contribution in [1.82, 2.24) is 0 Å². The van der Waals surface area contributed by atoms with Gasteiger partial charge in [0.05, 0.1) is 68.0 Å². The van der Waals surface area contributed by atoms with E-state index in [1.807, 2.05) is 0 Å². The Balaban J connectivity index is 0.000000267. The van der Waals surface area contributed by atoms with Crippen LogP contribution in [0.15, 0.2) is 91.0 Å². The smallest absolute Gasteiger partial charge is 0.870 e. The van der Waals surface area contributed by atoms with E-state index in [4.69, 9.17) is 43.0 Å². The summed E-state index contributed by atoms with van der Waals surface area (Å²) in [4.78, 5) is 69.3. The molecule has 6 aromatic rings. The molecule has 6 aromatic carbocycles. The van der Waals surface area contributed by atoms with Crippen LogP contribution < -0.4 is 67.5 Å². The summed E-state index contributed by atoms with van der Waals surface area (Å²) in [7, 11) is 7.04. The maximum atomic E-state index is 12.6. The zero-order valence-electron chi connectivity index (χ0n) is 49.3. The van der Waals surface area contributed by atoms with E-state index in [2.05, 4.69) is 25.4 Å². The maximum Gasteiger partial charge on any atom is 1.00 e. The molecule has 0 aromatic heterocycles. The molecular weight excluding hydrogens is 1250 g/mol. The number of hydrogen-bond acceptors (Lipinski definition) is 24. The number of phenols is 7. The zero-order chi connectivity index (χ0) is 63.5. The molecule has 3 aliphatic heterocycles. The fraction of sp³-hybridized carbons (Fsp3) is 0.323. The summed E-state index contributed by atoms with van der Waals surface area (Å²) >= 11 is 3.20. The number of methoxy groups -OCH3 is 5. The van der Waals surface area contributed by atoms with Crippen LogP contribution in [0.4, 0.5) is 0 Å². The normalized spacial score (nSPS) is 14.8. The Kier molecular flexibility index (Phi) is 28.3. The Bertz CT molecular complexity index is 3460. The molecule has 0 amide bonds. The Morgan fingerprint density at radius 2 is 0.809 bits per heavy atom. The molecule has 25 nitrogen and oxygen atoms in total. The maximum absolute atomic E-state index is 12.6. The molecule has 3 unspecified atom stereocenters. The van der Waals surface area contributed by atoms with Gasteiger partial charge in [0.25, 0.3) is 0 Å². The number of carboxylic acids is 1. The fourth-order valence-electron chi connectivity index (χ4n) is 8.94. The SMILES string of the molecule is COC(=O)CCCBr.COC(=O)CCCOc1cc(O)c2c(c1)OC(c1ccc(OC)c(O)c1)CC2=O.COc1ccc(C2CC(=O)c3c(O)cc(O)cc3O2)cc1O.COc1ccc(C2CC(=O)c3c(O)cc(OCCCC(=O)O)cc3O2)cc1O.[Na+].[OH-]. The monoisotopic (exact) mass is 1310 g/mol. The Hall–Kier alpha value is -8.82. The number of hydrogen-bond donors (Lipinski definition) is 8. The van der Waals surface area contributed by atoms with Crippen LogP contribution in [0.1, 0.15) is 124 Å². The van der Waals surface area contributed by atoms with Crippen LogP contribution in [0.2, 0.25) is 0 Å². The van der Waals surface area contributed by atoms with Crippen molar-refractivity contribution in [3.63, 3.8) is 0 Å². The molecule has 27 heteroatoms. The van der Waals surface area contributed by atoms with Crippen LogP contribution in [-0.4, -0.2) is 136 Å². The fourth-order valence-corrected chi connectivity index (χ4v) is 9.22. The Labute approximate surface area is 540 Å². The molecule has 0 radical (unpaired) electrons. The minimum absolute atomic E-state index is 0. The summed E-state index contributed by atoms with van der Waals surface area (Å²) in [6.07, 6.45) is 0.471. The minimum Gasteiger partial charge on any atom is -0.870 e. The van der Waals surface area contributed by atoms with E-state index in [1.165, 1.54) is 84.1 Å². The summed E-state index contributed by atoms with van der Waals surface area (Å²) in [5, 5.41) is 79.0. The third-order valence-corrected chi connectivity index (χ3v) is 13.8. The molecule has 472 valence electrons. The number of carbonyl (C=O) groups excluding carboxylic acids is 5. The molecule has 3 aliphatic rings. The van der Waals surface area contributed by atoms with E-state index in [0.717, 1.165) is 17.8 Å². The van der Waals surface area contributed by atoms with Gasteiger partial charge in [0.2, 0.25) is 0 Å². The largest absolute Gasteiger partial charge is 1.00 e. The predicted octanol–water partition coefficient (Wildman–Crippen LogP) is 6.88. The number of fused-ring (bicyclic) bond motifs is 3. The van der Waals surface area contributed by atoms with Gasteiger partial charge >= 0.3 is 47.5 Å². The first kappa shape index (κ1) is 72.7. The average molecular weight is 1310 g/mol. The number of rotatable bonds is 19. The van der Waals surface area contributed by atoms with E-state index in [1.54, 1.807) is 36.4 Å². The second-order valence-electron chi connectivity index (χ2n) is 19.2. The van der Waals surface area contributed by atoms with Crippen LogP contribution in [0.3, 0.4) is 0 Å². The summed E-state index contributed by atoms with van der Waals surface area (Å²) in [5.74, 6) is -1.40. The molecule has 0 spiro atoms. The van der Waals surface area contributed by atoms with E-state index in [-0.39, 0.29) is 190 Å². The number of esters is 2. The summed E-state index contributed by atoms with van der Waals surface area (Å²) in [5.41, 5.74) is 2.02. The molecule has 0 aliphatic carbocycles. The summed E-state index contributed by atoms with van der Waals surface area (Å²) in [6.45, 7) is 0.380. The van der Waals surface area contributed by atoms with Gasteiger partial charge in [-0.1, -0.05) is 34.1 Å². The first-order valence-corrected chi connectivity index (χ1v) is 27.9. The van der Waals surface area contributed by atoms with Crippen molar-refractivity contribution in [2.24, 2.45) is 0 Å². The van der Waals surface area contributed by atoms with Crippen molar-refractivity contribution in [3.05, 3.63) is 124 Å². The number of benzene rings is 6. The van der Waals surface area contributed by atoms with Crippen LogP contribution in [0, 0.1) is 0 Å². The molecule has 89 heavy (non-hydrogen) atoms. The van der Waals surface area contributed by atoms with Crippen molar-refractivity contribution in [3.8, 4) is 86.2 Å². The predicted molar refractivity (Wildman–Crippen MR) is 313 cm³/mol. The minimum atomic E-state index is -0.920. The topological polar surface area (TPSA) is 387 Å². The molecule has 0 bridgehead atoms. The van der Waals surface area contributed by atoms with Gasteiger partial charge < -0.3 is 93.7 Å². The number of phenolic OH excluding ortho intramolecular Hbond substituents is 7. The van der Waals surface area contributed by atoms with Crippen LogP contribution in [-0.2, 0) is 23.9 Å². The number of halogens is 1. The van der Waals surface area contributed by atoms with Gasteiger partial charge in [-0.2, -0.15) is 0 Å². The van der Waals surface area contributed by atoms with E-state index in [9.17, 15) is 64.5 Å². The second-order valence-corrected chi connectivity index (χ2v) is 20.0. The number of aliphatic carboxylic acids is 1. The van der Waals surface area contributed by atoms with Gasteiger partial charge in [0.1, 0.15) is 86.7 Å². The second kappa shape index (κ2) is 34.7. The third-order valence-electron chi connectivity index (χ3n) is 13.2. The number of ether oxygens (including phenoxy) is 10. The number of carbonyl (C=O) groups is 6. The number of aromatic hydroxyl groups is 7.